The van der Waals surface area contributed by atoms with E-state index in [4.69, 9.17) is 15.5 Å². The summed E-state index contributed by atoms with van der Waals surface area (Å²) >= 11 is 0.994. The predicted octanol–water partition coefficient (Wildman–Crippen LogP) is -0.467. The number of hydrogen-bond acceptors (Lipinski definition) is 5. The monoisotopic (exact) mass is 260 g/mol. The van der Waals surface area contributed by atoms with E-state index in [-0.39, 0.29) is 11.5 Å². The molecule has 2 atom stereocenters. The Morgan fingerprint density at radius 1 is 1.29 bits per heavy atom. The number of carbonyl (C=O) groups excluding carboxylic acids is 1. The van der Waals surface area contributed by atoms with Crippen molar-refractivity contribution in [2.75, 3.05) is 11.5 Å². The number of thioether (sulfide) groups is 1. The molecule has 0 aromatic carbocycles. The molecule has 0 aliphatic carbocycles. The van der Waals surface area contributed by atoms with E-state index in [9.17, 15) is 14.4 Å². The lowest BCUT2D eigenvalue weighted by Crippen LogP contribution is -2.41. The van der Waals surface area contributed by atoms with Gasteiger partial charge in [-0.05, 0) is 0 Å². The molecule has 0 heterocycles. The quantitative estimate of drug-likeness (QED) is 0.564. The topological polar surface area (TPSA) is 127 Å². The first kappa shape index (κ1) is 15.2. The van der Waals surface area contributed by atoms with Crippen molar-refractivity contribution in [3.8, 4) is 6.07 Å². The Kier molecular flexibility index (Phi) is 6.74. The second-order valence-electron chi connectivity index (χ2n) is 3.15. The van der Waals surface area contributed by atoms with E-state index in [0.29, 0.717) is 0 Å². The molecule has 0 saturated heterocycles. The highest BCUT2D eigenvalue weighted by Gasteiger charge is 2.21. The molecule has 0 bridgehead atoms. The minimum atomic E-state index is -1.24. The molecule has 0 aromatic rings. The number of carboxylic acid groups (broad SMARTS) is 2. The first-order valence-corrected chi connectivity index (χ1v) is 5.74. The van der Waals surface area contributed by atoms with Crippen molar-refractivity contribution in [3.05, 3.63) is 0 Å². The number of hydrogen-bond donors (Lipinski definition) is 3. The maximum atomic E-state index is 10.7. The van der Waals surface area contributed by atoms with Gasteiger partial charge < -0.3 is 15.5 Å². The van der Waals surface area contributed by atoms with Gasteiger partial charge in [-0.15, -0.1) is 0 Å². The zero-order valence-electron chi connectivity index (χ0n) is 9.04. The van der Waals surface area contributed by atoms with Crippen LogP contribution in [0.3, 0.4) is 0 Å². The second-order valence-corrected chi connectivity index (χ2v) is 4.22. The zero-order chi connectivity index (χ0) is 13.4. The maximum Gasteiger partial charge on any atom is 0.327 e. The minimum Gasteiger partial charge on any atom is -0.480 e. The number of rotatable bonds is 7. The lowest BCUT2D eigenvalue weighted by molar-refractivity contribution is -0.140. The van der Waals surface area contributed by atoms with Gasteiger partial charge in [-0.2, -0.15) is 17.0 Å². The molecule has 8 heteroatoms. The number of nitriles is 1. The van der Waals surface area contributed by atoms with Crippen LogP contribution < -0.4 is 5.32 Å². The Bertz CT molecular complexity index is 352. The van der Waals surface area contributed by atoms with Crippen molar-refractivity contribution >= 4 is 29.6 Å². The van der Waals surface area contributed by atoms with E-state index >= 15 is 0 Å². The van der Waals surface area contributed by atoms with E-state index in [2.05, 4.69) is 5.32 Å². The highest BCUT2D eigenvalue weighted by Crippen LogP contribution is 2.10. The summed E-state index contributed by atoms with van der Waals surface area (Å²) in [5, 5.41) is 28.0. The van der Waals surface area contributed by atoms with Crippen LogP contribution in [0.1, 0.15) is 6.92 Å². The molecule has 0 radical (unpaired) electrons. The molecule has 0 aliphatic heterocycles. The van der Waals surface area contributed by atoms with Crippen LogP contribution in [-0.4, -0.2) is 45.6 Å². The van der Waals surface area contributed by atoms with Crippen molar-refractivity contribution in [1.29, 1.82) is 5.26 Å². The minimum absolute atomic E-state index is 0.0143. The van der Waals surface area contributed by atoms with Crippen molar-refractivity contribution < 1.29 is 24.6 Å². The van der Waals surface area contributed by atoms with Gasteiger partial charge in [0.15, 0.2) is 5.92 Å². The van der Waals surface area contributed by atoms with Crippen LogP contribution in [0, 0.1) is 17.2 Å². The summed E-state index contributed by atoms with van der Waals surface area (Å²) in [6.07, 6.45) is 0. The molecule has 0 aliphatic rings. The molecule has 3 N–H and O–H groups in total. The smallest absolute Gasteiger partial charge is 0.327 e. The number of nitrogens with one attached hydrogen (secondary N) is 1. The molecule has 0 spiro atoms. The molecule has 0 rings (SSSR count). The largest absolute Gasteiger partial charge is 0.480 e. The van der Waals surface area contributed by atoms with Crippen LogP contribution in [0.4, 0.5) is 0 Å². The molecule has 94 valence electrons. The third kappa shape index (κ3) is 6.42. The lowest BCUT2D eigenvalue weighted by Gasteiger charge is -2.12. The van der Waals surface area contributed by atoms with Crippen molar-refractivity contribution in [2.45, 2.75) is 13.0 Å². The Morgan fingerprint density at radius 2 is 1.88 bits per heavy atom. The van der Waals surface area contributed by atoms with Crippen LogP contribution in [0.2, 0.25) is 0 Å². The second kappa shape index (κ2) is 7.51. The van der Waals surface area contributed by atoms with Gasteiger partial charge in [-0.3, -0.25) is 9.59 Å². The highest BCUT2D eigenvalue weighted by atomic mass is 32.2. The number of carbonyl (C=O) groups is 3. The van der Waals surface area contributed by atoms with Gasteiger partial charge in [0.25, 0.3) is 0 Å². The van der Waals surface area contributed by atoms with Gasteiger partial charge in [-0.25, -0.2) is 4.79 Å². The fraction of sp³-hybridized carbons (Fsp3) is 0.556. The average molecular weight is 260 g/mol. The summed E-state index contributed by atoms with van der Waals surface area (Å²) in [5.74, 6) is -4.10. The number of nitrogens with zero attached hydrogens (tertiary/aromatic N) is 1. The number of aliphatic carboxylic acids is 2. The van der Waals surface area contributed by atoms with Gasteiger partial charge in [0.1, 0.15) is 6.04 Å². The van der Waals surface area contributed by atoms with Gasteiger partial charge in [0.05, 0.1) is 6.07 Å². The first-order valence-electron chi connectivity index (χ1n) is 4.58. The van der Waals surface area contributed by atoms with E-state index in [1.807, 2.05) is 0 Å². The normalized spacial score (nSPS) is 13.2. The van der Waals surface area contributed by atoms with E-state index < -0.39 is 29.8 Å². The van der Waals surface area contributed by atoms with Crippen molar-refractivity contribution in [1.82, 2.24) is 5.32 Å². The molecule has 0 fully saturated rings. The zero-order valence-corrected chi connectivity index (χ0v) is 9.86. The van der Waals surface area contributed by atoms with Gasteiger partial charge in [-0.1, -0.05) is 0 Å². The fourth-order valence-electron chi connectivity index (χ4n) is 0.888. The highest BCUT2D eigenvalue weighted by molar-refractivity contribution is 7.99. The van der Waals surface area contributed by atoms with Crippen LogP contribution in [0.15, 0.2) is 0 Å². The van der Waals surface area contributed by atoms with Crippen LogP contribution in [-0.2, 0) is 14.4 Å². The summed E-state index contributed by atoms with van der Waals surface area (Å²) in [4.78, 5) is 31.9. The molecular weight excluding hydrogens is 248 g/mol. The van der Waals surface area contributed by atoms with Gasteiger partial charge in [0.2, 0.25) is 5.91 Å². The van der Waals surface area contributed by atoms with Crippen LogP contribution in [0.25, 0.3) is 0 Å². The SMILES string of the molecule is CC(=O)N[C@@H](CSCC(C#N)C(=O)O)C(=O)O. The average Bonchev–Trinajstić information content (AvgIpc) is 2.21. The van der Waals surface area contributed by atoms with Gasteiger partial charge >= 0.3 is 11.9 Å². The Hall–Kier alpha value is -1.75. The molecule has 17 heavy (non-hydrogen) atoms. The van der Waals surface area contributed by atoms with Crippen molar-refractivity contribution in [2.24, 2.45) is 5.92 Å². The number of amides is 1. The van der Waals surface area contributed by atoms with Crippen LogP contribution in [0.5, 0.6) is 0 Å². The van der Waals surface area contributed by atoms with E-state index in [0.717, 1.165) is 11.8 Å². The first-order chi connectivity index (χ1) is 7.88. The summed E-state index contributed by atoms with van der Waals surface area (Å²) < 4.78 is 0. The molecule has 7 nitrogen and oxygen atoms in total. The standard InChI is InChI=1S/C9H12N2O5S/c1-5(12)11-7(9(15)16)4-17-3-6(2-10)8(13)14/h6-7H,3-4H2,1H3,(H,11,12)(H,13,14)(H,15,16)/t6?,7-/m0/s1. The maximum absolute atomic E-state index is 10.7. The fourth-order valence-corrected chi connectivity index (χ4v) is 1.94. The molecular formula is C9H12N2O5S. The van der Waals surface area contributed by atoms with E-state index in [1.165, 1.54) is 6.92 Å². The Labute approximate surface area is 102 Å². The lowest BCUT2D eigenvalue weighted by atomic mass is 10.2. The van der Waals surface area contributed by atoms with Gasteiger partial charge in [0, 0.05) is 18.4 Å². The molecule has 0 saturated carbocycles. The Morgan fingerprint density at radius 3 is 2.24 bits per heavy atom. The summed E-state index contributed by atoms with van der Waals surface area (Å²) in [6.45, 7) is 1.19. The van der Waals surface area contributed by atoms with Crippen molar-refractivity contribution in [3.63, 3.8) is 0 Å². The number of carboxylic acids is 2. The summed E-state index contributed by atoms with van der Waals surface area (Å²) in [6, 6.07) is 0.512. The third-order valence-corrected chi connectivity index (χ3v) is 2.84. The van der Waals surface area contributed by atoms with Crippen LogP contribution >= 0.6 is 11.8 Å². The summed E-state index contributed by atoms with van der Waals surface area (Å²) in [5.41, 5.74) is 0. The predicted molar refractivity (Wildman–Crippen MR) is 59.3 cm³/mol. The third-order valence-electron chi connectivity index (χ3n) is 1.70. The molecule has 1 unspecified atom stereocenters. The summed E-state index contributed by atoms with van der Waals surface area (Å²) in [7, 11) is 0. The molecule has 0 aromatic heterocycles. The molecule has 1 amide bonds. The van der Waals surface area contributed by atoms with E-state index in [1.54, 1.807) is 6.07 Å². The Balaban J connectivity index is 4.15.